The Morgan fingerprint density at radius 2 is 1.74 bits per heavy atom. The lowest BCUT2D eigenvalue weighted by molar-refractivity contribution is -0.131. The van der Waals surface area contributed by atoms with Gasteiger partial charge in [-0.2, -0.15) is 0 Å². The zero-order valence-corrected chi connectivity index (χ0v) is 21.8. The number of hydrogen-bond donors (Lipinski definition) is 1. The molecule has 1 N–H and O–H groups in total. The molecule has 2 aromatic rings. The first-order chi connectivity index (χ1) is 16.3. The Bertz CT molecular complexity index is 929. The van der Waals surface area contributed by atoms with Gasteiger partial charge in [-0.1, -0.05) is 76.9 Å². The van der Waals surface area contributed by atoms with Gasteiger partial charge in [0.25, 0.3) is 0 Å². The summed E-state index contributed by atoms with van der Waals surface area (Å²) in [5.74, 6) is 1.28. The maximum absolute atomic E-state index is 12.4. The van der Waals surface area contributed by atoms with E-state index in [1.807, 2.05) is 4.90 Å². The first kappa shape index (κ1) is 26.3. The number of benzene rings is 2. The van der Waals surface area contributed by atoms with Crippen molar-refractivity contribution in [1.82, 2.24) is 4.90 Å². The lowest BCUT2D eigenvalue weighted by atomic mass is 9.74. The molecule has 0 radical (unpaired) electrons. The number of rotatable bonds is 7. The summed E-state index contributed by atoms with van der Waals surface area (Å²) in [6, 6.07) is 15.2. The van der Waals surface area contributed by atoms with Gasteiger partial charge in [-0.3, -0.25) is 4.79 Å². The van der Waals surface area contributed by atoms with E-state index < -0.39 is 0 Å². The van der Waals surface area contributed by atoms with Gasteiger partial charge in [0.1, 0.15) is 11.9 Å². The fraction of sp³-hybridized carbons (Fsp3) is 0.567. The van der Waals surface area contributed by atoms with Crippen LogP contribution in [-0.4, -0.2) is 41.7 Å². The third-order valence-corrected chi connectivity index (χ3v) is 7.70. The van der Waals surface area contributed by atoms with E-state index in [1.54, 1.807) is 0 Å². The van der Waals surface area contributed by atoms with Crippen molar-refractivity contribution in [1.29, 1.82) is 0 Å². The fourth-order valence-corrected chi connectivity index (χ4v) is 5.10. The molecular formula is C30H43NO3. The molecule has 1 heterocycles. The van der Waals surface area contributed by atoms with Crippen molar-refractivity contribution in [3.63, 3.8) is 0 Å². The Labute approximate surface area is 206 Å². The molecule has 0 bridgehead atoms. The Morgan fingerprint density at radius 1 is 1.09 bits per heavy atom. The number of likely N-dealkylation sites (tertiary alicyclic amines) is 1. The molecule has 1 fully saturated rings. The molecule has 2 aromatic carbocycles. The van der Waals surface area contributed by atoms with Crippen LogP contribution in [-0.2, 0) is 17.6 Å². The smallest absolute Gasteiger partial charge is 0.224 e. The minimum Gasteiger partial charge on any atom is -0.489 e. The number of aryl methyl sites for hydroxylation is 1. The van der Waals surface area contributed by atoms with Crippen LogP contribution >= 0.6 is 0 Å². The molecule has 4 rings (SSSR count). The van der Waals surface area contributed by atoms with E-state index >= 15 is 0 Å². The molecule has 2 atom stereocenters. The molecule has 0 spiro atoms. The van der Waals surface area contributed by atoms with Crippen LogP contribution in [0.25, 0.3) is 0 Å². The largest absolute Gasteiger partial charge is 0.489 e. The molecule has 2 aliphatic rings. The van der Waals surface area contributed by atoms with Crippen molar-refractivity contribution in [3.8, 4) is 5.75 Å². The van der Waals surface area contributed by atoms with Gasteiger partial charge in [0.15, 0.2) is 0 Å². The first-order valence-electron chi connectivity index (χ1n) is 13.1. The van der Waals surface area contributed by atoms with Crippen molar-refractivity contribution in [3.05, 3.63) is 64.7 Å². The molecule has 1 aliphatic heterocycles. The minimum absolute atomic E-state index is 0.0290. The highest BCUT2D eigenvalue weighted by atomic mass is 16.5. The van der Waals surface area contributed by atoms with E-state index in [-0.39, 0.29) is 36.4 Å². The lowest BCUT2D eigenvalue weighted by Gasteiger charge is -2.30. The van der Waals surface area contributed by atoms with Crippen molar-refractivity contribution < 1.29 is 14.6 Å². The van der Waals surface area contributed by atoms with Crippen molar-refractivity contribution in [2.75, 3.05) is 19.7 Å². The summed E-state index contributed by atoms with van der Waals surface area (Å²) in [4.78, 5) is 14.4. The summed E-state index contributed by atoms with van der Waals surface area (Å²) in [6.45, 7) is 12.3. The molecule has 4 nitrogen and oxygen atoms in total. The number of unbranched alkanes of at least 4 members (excludes halogenated alkanes) is 1. The monoisotopic (exact) mass is 465 g/mol. The highest BCUT2D eigenvalue weighted by Gasteiger charge is 2.44. The third kappa shape index (κ3) is 6.02. The highest BCUT2D eigenvalue weighted by Crippen LogP contribution is 2.46. The summed E-state index contributed by atoms with van der Waals surface area (Å²) in [7, 11) is 0. The Balaban J connectivity index is 0.000000751. The minimum atomic E-state index is -0.0882. The van der Waals surface area contributed by atoms with Crippen molar-refractivity contribution in [2.45, 2.75) is 85.2 Å². The summed E-state index contributed by atoms with van der Waals surface area (Å²) in [6.07, 6.45) is 5.94. The number of carbonyl (C=O) groups is 1. The second-order valence-electron chi connectivity index (χ2n) is 10.2. The van der Waals surface area contributed by atoms with Crippen LogP contribution in [0.1, 0.15) is 81.5 Å². The Kier molecular flexibility index (Phi) is 9.18. The molecule has 2 unspecified atom stereocenters. The SMILES string of the molecule is CCC1(C)CN(C(=O)CCO)CC1c1ccc(C)c(OC2Cc3ccccc3C2)c1.CCCC. The first-order valence-corrected chi connectivity index (χ1v) is 13.1. The van der Waals surface area contributed by atoms with Crippen LogP contribution < -0.4 is 4.74 Å². The van der Waals surface area contributed by atoms with Crippen LogP contribution in [0.5, 0.6) is 5.75 Å². The molecule has 0 aromatic heterocycles. The lowest BCUT2D eigenvalue weighted by Crippen LogP contribution is -2.31. The van der Waals surface area contributed by atoms with Crippen LogP contribution in [0, 0.1) is 12.3 Å². The van der Waals surface area contributed by atoms with E-state index in [9.17, 15) is 9.90 Å². The Morgan fingerprint density at radius 3 is 2.29 bits per heavy atom. The maximum atomic E-state index is 12.4. The number of hydrogen-bond acceptors (Lipinski definition) is 3. The number of nitrogens with zero attached hydrogens (tertiary/aromatic N) is 1. The average Bonchev–Trinajstić information content (AvgIpc) is 3.42. The molecule has 34 heavy (non-hydrogen) atoms. The molecule has 1 aliphatic carbocycles. The summed E-state index contributed by atoms with van der Waals surface area (Å²) in [5, 5.41) is 9.17. The van der Waals surface area contributed by atoms with E-state index in [1.165, 1.54) is 29.5 Å². The van der Waals surface area contributed by atoms with E-state index in [0.717, 1.165) is 37.1 Å². The number of fused-ring (bicyclic) bond motifs is 1. The van der Waals surface area contributed by atoms with Crippen LogP contribution in [0.3, 0.4) is 0 Å². The van der Waals surface area contributed by atoms with Gasteiger partial charge in [0, 0.05) is 38.3 Å². The predicted molar refractivity (Wildman–Crippen MR) is 139 cm³/mol. The van der Waals surface area contributed by atoms with Crippen molar-refractivity contribution >= 4 is 5.91 Å². The van der Waals surface area contributed by atoms with Crippen LogP contribution in [0.4, 0.5) is 0 Å². The second-order valence-corrected chi connectivity index (χ2v) is 10.2. The van der Waals surface area contributed by atoms with Gasteiger partial charge in [-0.25, -0.2) is 0 Å². The maximum Gasteiger partial charge on any atom is 0.224 e. The van der Waals surface area contributed by atoms with Gasteiger partial charge < -0.3 is 14.7 Å². The number of carbonyl (C=O) groups excluding carboxylic acids is 1. The van der Waals surface area contributed by atoms with E-state index in [2.05, 4.69) is 77.1 Å². The molecular weight excluding hydrogens is 422 g/mol. The molecule has 0 saturated carbocycles. The van der Waals surface area contributed by atoms with Gasteiger partial charge in [-0.05, 0) is 47.1 Å². The molecule has 4 heteroatoms. The number of ether oxygens (including phenoxy) is 1. The summed E-state index contributed by atoms with van der Waals surface area (Å²) >= 11 is 0. The number of aliphatic hydroxyl groups excluding tert-OH is 1. The summed E-state index contributed by atoms with van der Waals surface area (Å²) < 4.78 is 6.49. The number of aliphatic hydroxyl groups is 1. The molecule has 1 saturated heterocycles. The topological polar surface area (TPSA) is 49.8 Å². The average molecular weight is 466 g/mol. The zero-order valence-electron chi connectivity index (χ0n) is 21.8. The van der Waals surface area contributed by atoms with Crippen LogP contribution in [0.2, 0.25) is 0 Å². The van der Waals surface area contributed by atoms with E-state index in [0.29, 0.717) is 6.54 Å². The van der Waals surface area contributed by atoms with Gasteiger partial charge in [-0.15, -0.1) is 0 Å². The predicted octanol–water partition coefficient (Wildman–Crippen LogP) is 6.07. The second kappa shape index (κ2) is 11.9. The van der Waals surface area contributed by atoms with Gasteiger partial charge >= 0.3 is 0 Å². The summed E-state index contributed by atoms with van der Waals surface area (Å²) in [5.41, 5.74) is 5.21. The normalized spacial score (nSPS) is 21.7. The third-order valence-electron chi connectivity index (χ3n) is 7.70. The van der Waals surface area contributed by atoms with Gasteiger partial charge in [0.2, 0.25) is 5.91 Å². The molecule has 186 valence electrons. The van der Waals surface area contributed by atoms with Gasteiger partial charge in [0.05, 0.1) is 6.61 Å². The highest BCUT2D eigenvalue weighted by molar-refractivity contribution is 5.77. The quantitative estimate of drug-likeness (QED) is 0.540. The van der Waals surface area contributed by atoms with E-state index in [4.69, 9.17) is 4.74 Å². The van der Waals surface area contributed by atoms with Crippen molar-refractivity contribution in [2.24, 2.45) is 5.41 Å². The molecule has 1 amide bonds. The van der Waals surface area contributed by atoms with Crippen LogP contribution in [0.15, 0.2) is 42.5 Å². The fourth-order valence-electron chi connectivity index (χ4n) is 5.10. The Hall–Kier alpha value is -2.33. The standard InChI is InChI=1S/C26H33NO3.C4H10/c1-4-26(3)17-27(25(29)11-12-28)16-23(26)21-10-9-18(2)24(15-21)30-22-13-19-7-5-6-8-20(19)14-22;1-3-4-2/h5-10,15,22-23,28H,4,11-14,16-17H2,1-3H3;3-4H2,1-2H3. The zero-order chi connectivity index (χ0) is 24.7. The number of amides is 1.